The fraction of sp³-hybridized carbons (Fsp3) is 0.240. The number of amides is 2. The van der Waals surface area contributed by atoms with Gasteiger partial charge in [0.15, 0.2) is 0 Å². The molecule has 0 radical (unpaired) electrons. The lowest BCUT2D eigenvalue weighted by atomic mass is 10.1. The van der Waals surface area contributed by atoms with Gasteiger partial charge in [0.2, 0.25) is 0 Å². The normalized spacial score (nSPS) is 12.2. The maximum absolute atomic E-state index is 14.9. The number of ether oxygens (including phenoxy) is 4. The lowest BCUT2D eigenvalue weighted by Crippen LogP contribution is -2.33. The molecule has 13 heteroatoms. The topological polar surface area (TPSA) is 115 Å². The molecule has 2 heterocycles. The minimum absolute atomic E-state index is 0.0192. The van der Waals surface area contributed by atoms with Gasteiger partial charge in [-0.2, -0.15) is 0 Å². The van der Waals surface area contributed by atoms with Crippen LogP contribution in [0.1, 0.15) is 25.6 Å². The summed E-state index contributed by atoms with van der Waals surface area (Å²) in [6, 6.07) is 6.11. The molecule has 0 spiro atoms. The molecule has 1 aliphatic rings. The molecular formula is C25H23F2N3O7S. The van der Waals surface area contributed by atoms with Crippen LogP contribution >= 0.6 is 11.3 Å². The highest BCUT2D eigenvalue weighted by Crippen LogP contribution is 2.37. The zero-order valence-electron chi connectivity index (χ0n) is 20.6. The van der Waals surface area contributed by atoms with Crippen LogP contribution in [0, 0.1) is 11.6 Å². The Kier molecular flexibility index (Phi) is 7.96. The van der Waals surface area contributed by atoms with E-state index in [1.54, 1.807) is 17.0 Å². The van der Waals surface area contributed by atoms with Gasteiger partial charge < -0.3 is 34.5 Å². The summed E-state index contributed by atoms with van der Waals surface area (Å²) in [6.45, 7) is 0.829. The number of benzene rings is 2. The molecule has 200 valence electrons. The van der Waals surface area contributed by atoms with Gasteiger partial charge in [0, 0.05) is 23.6 Å². The van der Waals surface area contributed by atoms with Crippen LogP contribution in [0.25, 0.3) is 0 Å². The van der Waals surface area contributed by atoms with Gasteiger partial charge in [-0.1, -0.05) is 6.07 Å². The zero-order valence-corrected chi connectivity index (χ0v) is 21.4. The van der Waals surface area contributed by atoms with Crippen molar-refractivity contribution in [3.63, 3.8) is 0 Å². The Balaban J connectivity index is 1.58. The molecular weight excluding hydrogens is 524 g/mol. The number of para-hydroxylation sites is 1. The Hall–Kier alpha value is -4.39. The van der Waals surface area contributed by atoms with Crippen LogP contribution in [-0.2, 0) is 16.0 Å². The molecule has 2 N–H and O–H groups in total. The number of thiophene rings is 1. The largest absolute Gasteiger partial charge is 0.496 e. The summed E-state index contributed by atoms with van der Waals surface area (Å²) in [4.78, 5) is 38.7. The smallest absolute Gasteiger partial charge is 0.349 e. The average Bonchev–Trinajstić information content (AvgIpc) is 3.32. The van der Waals surface area contributed by atoms with E-state index in [1.165, 1.54) is 24.6 Å². The number of fused-ring (bicyclic) bond motifs is 1. The van der Waals surface area contributed by atoms with E-state index in [0.717, 1.165) is 31.6 Å². The van der Waals surface area contributed by atoms with Crippen molar-refractivity contribution >= 4 is 46.4 Å². The first kappa shape index (κ1) is 26.7. The van der Waals surface area contributed by atoms with E-state index in [0.29, 0.717) is 24.5 Å². The lowest BCUT2D eigenvalue weighted by Gasteiger charge is -2.32. The fourth-order valence-corrected chi connectivity index (χ4v) is 4.85. The molecule has 0 aliphatic carbocycles. The van der Waals surface area contributed by atoms with Crippen LogP contribution in [0.15, 0.2) is 35.7 Å². The molecule has 10 nitrogen and oxygen atoms in total. The maximum atomic E-state index is 14.9. The monoisotopic (exact) mass is 547 g/mol. The number of anilines is 3. The highest BCUT2D eigenvalue weighted by Gasteiger charge is 2.27. The average molecular weight is 548 g/mol. The maximum Gasteiger partial charge on any atom is 0.349 e. The van der Waals surface area contributed by atoms with Crippen LogP contribution < -0.4 is 25.0 Å². The van der Waals surface area contributed by atoms with Crippen molar-refractivity contribution in [2.24, 2.45) is 0 Å². The summed E-state index contributed by atoms with van der Waals surface area (Å²) in [7, 11) is 3.64. The zero-order chi connectivity index (χ0) is 27.4. The van der Waals surface area contributed by atoms with E-state index in [9.17, 15) is 23.2 Å². The molecule has 0 atom stereocenters. The molecule has 1 aliphatic heterocycles. The Labute approximate surface area is 220 Å². The molecule has 1 aromatic heterocycles. The van der Waals surface area contributed by atoms with E-state index in [1.807, 2.05) is 0 Å². The van der Waals surface area contributed by atoms with Crippen molar-refractivity contribution in [3.05, 3.63) is 63.4 Å². The van der Waals surface area contributed by atoms with Crippen molar-refractivity contribution in [1.29, 1.82) is 0 Å². The molecule has 0 saturated carbocycles. The van der Waals surface area contributed by atoms with Gasteiger partial charge in [-0.3, -0.25) is 0 Å². The number of rotatable bonds is 7. The van der Waals surface area contributed by atoms with E-state index >= 15 is 0 Å². The number of hydrogen-bond donors (Lipinski definition) is 2. The van der Waals surface area contributed by atoms with Gasteiger partial charge in [-0.25, -0.2) is 23.2 Å². The number of hydrogen-bond acceptors (Lipinski definition) is 9. The third kappa shape index (κ3) is 5.32. The van der Waals surface area contributed by atoms with Gasteiger partial charge in [-0.15, -0.1) is 11.3 Å². The number of methoxy groups -OCH3 is 3. The van der Waals surface area contributed by atoms with Crippen LogP contribution in [0.2, 0.25) is 0 Å². The first-order valence-electron chi connectivity index (χ1n) is 11.2. The summed E-state index contributed by atoms with van der Waals surface area (Å²) in [6.07, 6.45) is 0. The van der Waals surface area contributed by atoms with Crippen LogP contribution in [0.5, 0.6) is 11.5 Å². The number of nitrogens with one attached hydrogen (secondary N) is 2. The fourth-order valence-electron chi connectivity index (χ4n) is 3.94. The Morgan fingerprint density at radius 2 is 1.76 bits per heavy atom. The molecule has 2 amide bonds. The number of halogens is 2. The predicted molar refractivity (Wildman–Crippen MR) is 136 cm³/mol. The van der Waals surface area contributed by atoms with Crippen LogP contribution in [-0.4, -0.2) is 52.5 Å². The summed E-state index contributed by atoms with van der Waals surface area (Å²) in [5, 5.41) is 6.18. The summed E-state index contributed by atoms with van der Waals surface area (Å²) in [5.41, 5.74) is 0.340. The van der Waals surface area contributed by atoms with E-state index in [-0.39, 0.29) is 39.8 Å². The van der Waals surface area contributed by atoms with Crippen molar-refractivity contribution in [2.45, 2.75) is 6.54 Å². The van der Waals surface area contributed by atoms with Gasteiger partial charge in [0.25, 0.3) is 0 Å². The van der Waals surface area contributed by atoms with Crippen molar-refractivity contribution in [3.8, 4) is 11.5 Å². The van der Waals surface area contributed by atoms with E-state index in [4.69, 9.17) is 14.2 Å². The second-order valence-corrected chi connectivity index (χ2v) is 8.80. The number of esters is 2. The molecule has 0 saturated heterocycles. The standard InChI is InChI=1S/C25H23F2N3O7S/c1-34-19-10-15(27)16(9-13(19)11-30-7-8-37-18-6-4-5-14(26)21(18)30)28-25(33)29-17-12-38-22(24(32)36-3)20(17)23(31)35-2/h4-6,9-10,12H,7-8,11H2,1-3H3,(H2,28,29,33). The third-order valence-corrected chi connectivity index (χ3v) is 6.62. The number of carbonyl (C=O) groups excluding carboxylic acids is 3. The number of carbonyl (C=O) groups is 3. The lowest BCUT2D eigenvalue weighted by molar-refractivity contribution is 0.0561. The van der Waals surface area contributed by atoms with Gasteiger partial charge in [0.1, 0.15) is 45.9 Å². The molecule has 2 aromatic carbocycles. The summed E-state index contributed by atoms with van der Waals surface area (Å²) < 4.78 is 49.7. The van der Waals surface area contributed by atoms with E-state index < -0.39 is 29.6 Å². The Morgan fingerprint density at radius 1 is 1.03 bits per heavy atom. The first-order chi connectivity index (χ1) is 18.3. The minimum Gasteiger partial charge on any atom is -0.496 e. The quantitative estimate of drug-likeness (QED) is 0.411. The van der Waals surface area contributed by atoms with Crippen molar-refractivity contribution < 1.29 is 42.1 Å². The minimum atomic E-state index is -0.887. The van der Waals surface area contributed by atoms with Crippen molar-refractivity contribution in [1.82, 2.24) is 0 Å². The van der Waals surface area contributed by atoms with E-state index in [2.05, 4.69) is 15.4 Å². The number of nitrogens with zero attached hydrogens (tertiary/aromatic N) is 1. The van der Waals surface area contributed by atoms with Gasteiger partial charge >= 0.3 is 18.0 Å². The Morgan fingerprint density at radius 3 is 2.47 bits per heavy atom. The molecule has 0 fully saturated rings. The summed E-state index contributed by atoms with van der Waals surface area (Å²) in [5.74, 6) is -2.31. The highest BCUT2D eigenvalue weighted by molar-refractivity contribution is 7.13. The molecule has 0 unspecified atom stereocenters. The molecule has 38 heavy (non-hydrogen) atoms. The second kappa shape index (κ2) is 11.3. The van der Waals surface area contributed by atoms with Gasteiger partial charge in [0.05, 0.1) is 39.2 Å². The second-order valence-electron chi connectivity index (χ2n) is 7.92. The molecule has 0 bridgehead atoms. The molecule has 3 aromatic rings. The Bertz CT molecular complexity index is 1400. The van der Waals surface area contributed by atoms with Crippen LogP contribution in [0.3, 0.4) is 0 Å². The van der Waals surface area contributed by atoms with Crippen LogP contribution in [0.4, 0.5) is 30.6 Å². The molecule has 4 rings (SSSR count). The third-order valence-electron chi connectivity index (χ3n) is 5.66. The first-order valence-corrected chi connectivity index (χ1v) is 12.0. The predicted octanol–water partition coefficient (Wildman–Crippen LogP) is 4.65. The number of urea groups is 1. The van der Waals surface area contributed by atoms with Gasteiger partial charge in [-0.05, 0) is 18.2 Å². The SMILES string of the molecule is COC(=O)c1scc(NC(=O)Nc2cc(CN3CCOc4cccc(F)c43)c(OC)cc2F)c1C(=O)OC. The summed E-state index contributed by atoms with van der Waals surface area (Å²) >= 11 is 0.872. The van der Waals surface area contributed by atoms with Crippen molar-refractivity contribution in [2.75, 3.05) is 50.0 Å². The highest BCUT2D eigenvalue weighted by atomic mass is 32.1.